The molecule has 0 aliphatic rings. The molecule has 0 aromatic carbocycles. The average Bonchev–Trinajstić information content (AvgIpc) is 2.80. The number of thioether (sulfide) groups is 1. The quantitative estimate of drug-likeness (QED) is 0.650. The molecule has 0 fully saturated rings. The monoisotopic (exact) mass is 235 g/mol. The summed E-state index contributed by atoms with van der Waals surface area (Å²) in [7, 11) is 0. The average molecular weight is 235 g/mol. The highest BCUT2D eigenvalue weighted by Crippen LogP contribution is 2.35. The number of nitrogens with zero attached hydrogens (tertiary/aromatic N) is 2. The highest BCUT2D eigenvalue weighted by Gasteiger charge is 2.21. The lowest BCUT2D eigenvalue weighted by atomic mass is 10.2. The maximum atomic E-state index is 5.94. The van der Waals surface area contributed by atoms with Gasteiger partial charge in [-0.2, -0.15) is 0 Å². The number of nitrogens with two attached hydrogens (primary N) is 1. The van der Waals surface area contributed by atoms with E-state index in [9.17, 15) is 0 Å². The standard InChI is InChI=1S/C11H13N3OS/c1-8(12)10(9-4-2-7-15-9)16-11-13-5-3-6-14-11/h2-8,10H,12H2,1H3. The van der Waals surface area contributed by atoms with Gasteiger partial charge in [0.2, 0.25) is 0 Å². The summed E-state index contributed by atoms with van der Waals surface area (Å²) in [6.45, 7) is 1.95. The molecule has 2 heterocycles. The van der Waals surface area contributed by atoms with E-state index in [0.29, 0.717) is 5.16 Å². The van der Waals surface area contributed by atoms with Gasteiger partial charge in [-0.3, -0.25) is 0 Å². The molecule has 2 unspecified atom stereocenters. The highest BCUT2D eigenvalue weighted by molar-refractivity contribution is 7.99. The summed E-state index contributed by atoms with van der Waals surface area (Å²) in [5.41, 5.74) is 5.94. The Labute approximate surface area is 98.3 Å². The van der Waals surface area contributed by atoms with E-state index in [1.165, 1.54) is 11.8 Å². The van der Waals surface area contributed by atoms with Crippen LogP contribution >= 0.6 is 11.8 Å². The zero-order valence-corrected chi connectivity index (χ0v) is 9.72. The Morgan fingerprint density at radius 2 is 2.06 bits per heavy atom. The van der Waals surface area contributed by atoms with Crippen LogP contribution in [0.5, 0.6) is 0 Å². The molecule has 0 amide bonds. The molecule has 0 radical (unpaired) electrons. The maximum absolute atomic E-state index is 5.94. The molecule has 5 heteroatoms. The van der Waals surface area contributed by atoms with Gasteiger partial charge in [0.1, 0.15) is 5.76 Å². The zero-order chi connectivity index (χ0) is 11.4. The van der Waals surface area contributed by atoms with Crippen molar-refractivity contribution in [2.45, 2.75) is 23.4 Å². The van der Waals surface area contributed by atoms with Gasteiger partial charge in [0.05, 0.1) is 11.5 Å². The summed E-state index contributed by atoms with van der Waals surface area (Å²) >= 11 is 1.51. The number of hydrogen-bond acceptors (Lipinski definition) is 5. The molecule has 2 aromatic heterocycles. The maximum Gasteiger partial charge on any atom is 0.188 e. The first-order chi connectivity index (χ1) is 7.77. The summed E-state index contributed by atoms with van der Waals surface area (Å²) in [5.74, 6) is 0.854. The highest BCUT2D eigenvalue weighted by atomic mass is 32.2. The van der Waals surface area contributed by atoms with Crippen molar-refractivity contribution in [1.29, 1.82) is 0 Å². The van der Waals surface area contributed by atoms with Crippen LogP contribution in [0.25, 0.3) is 0 Å². The van der Waals surface area contributed by atoms with Crippen LogP contribution in [0.3, 0.4) is 0 Å². The summed E-state index contributed by atoms with van der Waals surface area (Å²) in [6, 6.07) is 5.54. The lowest BCUT2D eigenvalue weighted by Gasteiger charge is -2.16. The molecule has 0 bridgehead atoms. The van der Waals surface area contributed by atoms with E-state index in [4.69, 9.17) is 10.2 Å². The lowest BCUT2D eigenvalue weighted by molar-refractivity contribution is 0.486. The van der Waals surface area contributed by atoms with Crippen LogP contribution in [0, 0.1) is 0 Å². The molecule has 0 spiro atoms. The van der Waals surface area contributed by atoms with Gasteiger partial charge in [-0.15, -0.1) is 0 Å². The second kappa shape index (κ2) is 5.14. The van der Waals surface area contributed by atoms with Crippen LogP contribution in [0.1, 0.15) is 17.9 Å². The third-order valence-electron chi connectivity index (χ3n) is 2.08. The van der Waals surface area contributed by atoms with E-state index >= 15 is 0 Å². The number of rotatable bonds is 4. The van der Waals surface area contributed by atoms with Crippen LogP contribution in [-0.4, -0.2) is 16.0 Å². The van der Waals surface area contributed by atoms with Crippen molar-refractivity contribution in [3.8, 4) is 0 Å². The van der Waals surface area contributed by atoms with Gasteiger partial charge < -0.3 is 10.2 Å². The summed E-state index contributed by atoms with van der Waals surface area (Å²) in [4.78, 5) is 8.33. The Hall–Kier alpha value is -1.33. The van der Waals surface area contributed by atoms with E-state index < -0.39 is 0 Å². The fourth-order valence-electron chi connectivity index (χ4n) is 1.34. The minimum atomic E-state index is -0.0278. The predicted octanol–water partition coefficient (Wildman–Crippen LogP) is 2.25. The molecule has 0 saturated carbocycles. The molecular weight excluding hydrogens is 222 g/mol. The largest absolute Gasteiger partial charge is 0.468 e. The molecule has 84 valence electrons. The van der Waals surface area contributed by atoms with Crippen molar-refractivity contribution >= 4 is 11.8 Å². The lowest BCUT2D eigenvalue weighted by Crippen LogP contribution is -2.22. The Morgan fingerprint density at radius 3 is 2.62 bits per heavy atom. The molecule has 2 N–H and O–H groups in total. The van der Waals surface area contributed by atoms with Crippen LogP contribution in [0.15, 0.2) is 46.4 Å². The minimum absolute atomic E-state index is 0.0278. The molecule has 0 aliphatic heterocycles. The topological polar surface area (TPSA) is 64.9 Å². The Balaban J connectivity index is 2.16. The second-order valence-corrected chi connectivity index (χ2v) is 4.55. The van der Waals surface area contributed by atoms with Crippen molar-refractivity contribution in [2.75, 3.05) is 0 Å². The molecule has 2 rings (SSSR count). The van der Waals surface area contributed by atoms with Crippen LogP contribution in [-0.2, 0) is 0 Å². The molecule has 4 nitrogen and oxygen atoms in total. The van der Waals surface area contributed by atoms with Gasteiger partial charge in [0.25, 0.3) is 0 Å². The van der Waals surface area contributed by atoms with Gasteiger partial charge >= 0.3 is 0 Å². The van der Waals surface area contributed by atoms with Gasteiger partial charge in [0.15, 0.2) is 5.16 Å². The van der Waals surface area contributed by atoms with Crippen LogP contribution < -0.4 is 5.73 Å². The first-order valence-electron chi connectivity index (χ1n) is 5.00. The molecule has 16 heavy (non-hydrogen) atoms. The van der Waals surface area contributed by atoms with Crippen LogP contribution in [0.4, 0.5) is 0 Å². The van der Waals surface area contributed by atoms with Gasteiger partial charge in [0, 0.05) is 18.4 Å². The molecule has 2 atom stereocenters. The second-order valence-electron chi connectivity index (χ2n) is 3.44. The summed E-state index contributed by atoms with van der Waals surface area (Å²) < 4.78 is 5.37. The predicted molar refractivity (Wildman–Crippen MR) is 63.0 cm³/mol. The van der Waals surface area contributed by atoms with Crippen molar-refractivity contribution in [2.24, 2.45) is 5.73 Å². The first kappa shape index (κ1) is 11.2. The van der Waals surface area contributed by atoms with Crippen LogP contribution in [0.2, 0.25) is 0 Å². The summed E-state index contributed by atoms with van der Waals surface area (Å²) in [6.07, 6.45) is 5.09. The van der Waals surface area contributed by atoms with Gasteiger partial charge in [-0.25, -0.2) is 9.97 Å². The smallest absolute Gasteiger partial charge is 0.188 e. The van der Waals surface area contributed by atoms with E-state index in [-0.39, 0.29) is 11.3 Å². The van der Waals surface area contributed by atoms with Gasteiger partial charge in [-0.05, 0) is 25.1 Å². The fraction of sp³-hybridized carbons (Fsp3) is 0.273. The summed E-state index contributed by atoms with van der Waals surface area (Å²) in [5, 5.41) is 0.749. The molecule has 2 aromatic rings. The minimum Gasteiger partial charge on any atom is -0.468 e. The first-order valence-corrected chi connectivity index (χ1v) is 5.88. The fourth-order valence-corrected chi connectivity index (χ4v) is 2.27. The van der Waals surface area contributed by atoms with Crippen molar-refractivity contribution in [1.82, 2.24) is 9.97 Å². The SMILES string of the molecule is CC(N)C(Sc1ncccn1)c1ccco1. The molecule has 0 saturated heterocycles. The van der Waals surface area contributed by atoms with E-state index in [1.54, 1.807) is 24.7 Å². The van der Waals surface area contributed by atoms with Crippen molar-refractivity contribution in [3.05, 3.63) is 42.6 Å². The third-order valence-corrected chi connectivity index (χ3v) is 3.41. The number of furan rings is 1. The van der Waals surface area contributed by atoms with E-state index in [1.807, 2.05) is 19.1 Å². The normalized spacial score (nSPS) is 14.6. The van der Waals surface area contributed by atoms with E-state index in [2.05, 4.69) is 9.97 Å². The van der Waals surface area contributed by atoms with Gasteiger partial charge in [-0.1, -0.05) is 11.8 Å². The Morgan fingerprint density at radius 1 is 1.31 bits per heavy atom. The van der Waals surface area contributed by atoms with Crippen molar-refractivity contribution < 1.29 is 4.42 Å². The Bertz CT molecular complexity index is 416. The third kappa shape index (κ3) is 2.62. The Kier molecular flexibility index (Phi) is 3.58. The molecular formula is C11H13N3OS. The zero-order valence-electron chi connectivity index (χ0n) is 8.91. The number of hydrogen-bond donors (Lipinski definition) is 1. The number of aromatic nitrogens is 2. The van der Waals surface area contributed by atoms with E-state index in [0.717, 1.165) is 5.76 Å². The molecule has 0 aliphatic carbocycles. The van der Waals surface area contributed by atoms with Crippen molar-refractivity contribution in [3.63, 3.8) is 0 Å².